The van der Waals surface area contributed by atoms with Crippen LogP contribution in [-0.4, -0.2) is 37.7 Å². The normalized spacial score (nSPS) is 16.2. The molecule has 10 heteroatoms. The first-order chi connectivity index (χ1) is 10.6. The molecule has 2 N–H and O–H groups in total. The molecule has 0 bridgehead atoms. The molecule has 118 valence electrons. The first-order valence-electron chi connectivity index (χ1n) is 6.82. The van der Waals surface area contributed by atoms with Crippen LogP contribution >= 0.6 is 0 Å². The number of ether oxygens (including phenoxy) is 2. The van der Waals surface area contributed by atoms with E-state index in [-0.39, 0.29) is 5.82 Å². The zero-order valence-electron chi connectivity index (χ0n) is 11.8. The van der Waals surface area contributed by atoms with Crippen LogP contribution in [0, 0.1) is 10.1 Å². The molecule has 0 aliphatic carbocycles. The molecule has 0 radical (unpaired) electrons. The van der Waals surface area contributed by atoms with E-state index in [1.54, 1.807) is 4.68 Å². The van der Waals surface area contributed by atoms with Gasteiger partial charge in [-0.25, -0.2) is 0 Å². The lowest BCUT2D eigenvalue weighted by Crippen LogP contribution is -2.16. The molecule has 4 rings (SSSR count). The number of nitrogens with zero attached hydrogens (tertiary/aromatic N) is 5. The second-order valence-corrected chi connectivity index (χ2v) is 4.86. The standard InChI is InChI=1S/C6H7N3O3.C6H9N3O/c10-9(11)6-3-5-4-12-2-1-8(5)7-6;7-6-3-5-4-10-2-1-9(5)8-6/h3H,1-2,4H2;3H,1-2,4H2,(H2,7,8). The zero-order valence-corrected chi connectivity index (χ0v) is 11.8. The Morgan fingerprint density at radius 1 is 1.09 bits per heavy atom. The van der Waals surface area contributed by atoms with E-state index in [4.69, 9.17) is 15.2 Å². The Kier molecular flexibility index (Phi) is 4.02. The predicted molar refractivity (Wildman–Crippen MR) is 74.8 cm³/mol. The van der Waals surface area contributed by atoms with Gasteiger partial charge in [0.1, 0.15) is 5.82 Å². The highest BCUT2D eigenvalue weighted by Crippen LogP contribution is 2.15. The van der Waals surface area contributed by atoms with Crippen molar-refractivity contribution in [1.82, 2.24) is 19.6 Å². The molecular weight excluding hydrogens is 292 g/mol. The molecule has 2 aliphatic heterocycles. The molecule has 0 saturated heterocycles. The van der Waals surface area contributed by atoms with Gasteiger partial charge in [-0.1, -0.05) is 0 Å². The Morgan fingerprint density at radius 2 is 1.68 bits per heavy atom. The molecule has 2 aromatic rings. The van der Waals surface area contributed by atoms with Gasteiger partial charge < -0.3 is 25.3 Å². The summed E-state index contributed by atoms with van der Waals surface area (Å²) in [6.07, 6.45) is 0. The van der Waals surface area contributed by atoms with Gasteiger partial charge in [0.15, 0.2) is 0 Å². The minimum atomic E-state index is -0.495. The average molecular weight is 308 g/mol. The Balaban J connectivity index is 0.000000133. The van der Waals surface area contributed by atoms with Crippen LogP contribution in [0.15, 0.2) is 12.1 Å². The Morgan fingerprint density at radius 3 is 2.23 bits per heavy atom. The monoisotopic (exact) mass is 308 g/mol. The summed E-state index contributed by atoms with van der Waals surface area (Å²) < 4.78 is 13.8. The molecule has 0 atom stereocenters. The maximum Gasteiger partial charge on any atom is 0.390 e. The van der Waals surface area contributed by atoms with Crippen LogP contribution in [0.25, 0.3) is 0 Å². The lowest BCUT2D eigenvalue weighted by Gasteiger charge is -2.12. The van der Waals surface area contributed by atoms with E-state index in [0.29, 0.717) is 32.2 Å². The zero-order chi connectivity index (χ0) is 15.5. The second kappa shape index (κ2) is 6.12. The summed E-state index contributed by atoms with van der Waals surface area (Å²) in [6.45, 7) is 3.81. The summed E-state index contributed by atoms with van der Waals surface area (Å²) in [5.74, 6) is 0.482. The maximum absolute atomic E-state index is 10.3. The highest BCUT2D eigenvalue weighted by molar-refractivity contribution is 5.29. The molecule has 0 spiro atoms. The van der Waals surface area contributed by atoms with Crippen LogP contribution in [0.5, 0.6) is 0 Å². The van der Waals surface area contributed by atoms with Crippen LogP contribution in [0.3, 0.4) is 0 Å². The van der Waals surface area contributed by atoms with E-state index in [1.165, 1.54) is 6.07 Å². The Labute approximate surface area is 125 Å². The molecule has 10 nitrogen and oxygen atoms in total. The molecule has 2 aromatic heterocycles. The molecular formula is C12H16N6O4. The van der Waals surface area contributed by atoms with Gasteiger partial charge in [0.05, 0.1) is 62.1 Å². The minimum absolute atomic E-state index is 0.101. The van der Waals surface area contributed by atoms with E-state index in [9.17, 15) is 10.1 Å². The molecule has 4 heterocycles. The van der Waals surface area contributed by atoms with Crippen molar-refractivity contribution >= 4 is 11.6 Å². The fraction of sp³-hybridized carbons (Fsp3) is 0.500. The predicted octanol–water partition coefficient (Wildman–Crippen LogP) is 0.317. The van der Waals surface area contributed by atoms with Crippen LogP contribution in [0.4, 0.5) is 11.6 Å². The second-order valence-electron chi connectivity index (χ2n) is 4.86. The van der Waals surface area contributed by atoms with Gasteiger partial charge in [0, 0.05) is 6.07 Å². The van der Waals surface area contributed by atoms with Gasteiger partial charge >= 0.3 is 5.82 Å². The summed E-state index contributed by atoms with van der Waals surface area (Å²) in [7, 11) is 0. The largest absolute Gasteiger partial charge is 0.390 e. The van der Waals surface area contributed by atoms with Crippen molar-refractivity contribution in [2.75, 3.05) is 18.9 Å². The van der Waals surface area contributed by atoms with Crippen molar-refractivity contribution in [3.05, 3.63) is 33.6 Å². The summed E-state index contributed by atoms with van der Waals surface area (Å²) in [5.41, 5.74) is 7.32. The number of aromatic nitrogens is 4. The van der Waals surface area contributed by atoms with Crippen LogP contribution < -0.4 is 5.73 Å². The fourth-order valence-electron chi connectivity index (χ4n) is 2.28. The molecule has 22 heavy (non-hydrogen) atoms. The molecule has 0 saturated carbocycles. The van der Waals surface area contributed by atoms with Crippen molar-refractivity contribution in [3.63, 3.8) is 0 Å². The number of anilines is 1. The van der Waals surface area contributed by atoms with E-state index in [0.717, 1.165) is 24.5 Å². The van der Waals surface area contributed by atoms with Gasteiger partial charge in [-0.2, -0.15) is 9.78 Å². The quantitative estimate of drug-likeness (QED) is 0.594. The van der Waals surface area contributed by atoms with Crippen molar-refractivity contribution < 1.29 is 14.4 Å². The third kappa shape index (κ3) is 3.07. The first-order valence-corrected chi connectivity index (χ1v) is 6.82. The van der Waals surface area contributed by atoms with Crippen LogP contribution in [0.2, 0.25) is 0 Å². The van der Waals surface area contributed by atoms with Gasteiger partial charge in [0.25, 0.3) is 0 Å². The SMILES string of the molecule is Nc1cc2n(n1)CCOC2.O=[N+]([O-])c1cc2n(n1)CCOC2. The number of rotatable bonds is 1. The Hall–Kier alpha value is -2.46. The maximum atomic E-state index is 10.3. The number of hydrogen-bond acceptors (Lipinski definition) is 7. The molecule has 2 aliphatic rings. The third-order valence-corrected chi connectivity index (χ3v) is 3.31. The van der Waals surface area contributed by atoms with Gasteiger partial charge in [-0.05, 0) is 4.92 Å². The number of nitro groups is 1. The van der Waals surface area contributed by atoms with Crippen molar-refractivity contribution in [1.29, 1.82) is 0 Å². The van der Waals surface area contributed by atoms with Crippen LogP contribution in [0.1, 0.15) is 11.4 Å². The van der Waals surface area contributed by atoms with Gasteiger partial charge in [-0.15, -0.1) is 0 Å². The van der Waals surface area contributed by atoms with Crippen molar-refractivity contribution in [2.24, 2.45) is 0 Å². The molecule has 0 amide bonds. The first kappa shape index (κ1) is 14.5. The smallest absolute Gasteiger partial charge is 0.382 e. The van der Waals surface area contributed by atoms with Gasteiger partial charge in [0.2, 0.25) is 0 Å². The lowest BCUT2D eigenvalue weighted by molar-refractivity contribution is -0.389. The third-order valence-electron chi connectivity index (χ3n) is 3.31. The number of nitrogens with two attached hydrogens (primary N) is 1. The number of nitrogen functional groups attached to an aromatic ring is 1. The Bertz CT molecular complexity index is 632. The molecule has 0 unspecified atom stereocenters. The minimum Gasteiger partial charge on any atom is -0.382 e. The average Bonchev–Trinajstić information content (AvgIpc) is 3.09. The van der Waals surface area contributed by atoms with Crippen molar-refractivity contribution in [3.8, 4) is 0 Å². The molecule has 0 aromatic carbocycles. The lowest BCUT2D eigenvalue weighted by atomic mass is 10.4. The van der Waals surface area contributed by atoms with E-state index < -0.39 is 4.92 Å². The van der Waals surface area contributed by atoms with E-state index >= 15 is 0 Å². The summed E-state index contributed by atoms with van der Waals surface area (Å²) in [4.78, 5) is 9.81. The highest BCUT2D eigenvalue weighted by Gasteiger charge is 2.20. The summed E-state index contributed by atoms with van der Waals surface area (Å²) >= 11 is 0. The topological polar surface area (TPSA) is 123 Å². The highest BCUT2D eigenvalue weighted by atomic mass is 16.6. The van der Waals surface area contributed by atoms with Crippen LogP contribution in [-0.2, 0) is 35.8 Å². The van der Waals surface area contributed by atoms with E-state index in [2.05, 4.69) is 10.2 Å². The van der Waals surface area contributed by atoms with Gasteiger partial charge in [-0.3, -0.25) is 4.68 Å². The number of hydrogen-bond donors (Lipinski definition) is 1. The number of fused-ring (bicyclic) bond motifs is 2. The fourth-order valence-corrected chi connectivity index (χ4v) is 2.28. The van der Waals surface area contributed by atoms with Crippen molar-refractivity contribution in [2.45, 2.75) is 26.3 Å². The summed E-state index contributed by atoms with van der Waals surface area (Å²) in [5, 5.41) is 18.2. The van der Waals surface area contributed by atoms with E-state index in [1.807, 2.05) is 10.7 Å². The summed E-state index contributed by atoms with van der Waals surface area (Å²) in [6, 6.07) is 3.29. The molecule has 0 fully saturated rings.